The van der Waals surface area contributed by atoms with Crippen LogP contribution in [0.15, 0.2) is 18.2 Å². The van der Waals surface area contributed by atoms with Crippen LogP contribution in [0, 0.1) is 13.8 Å². The molecule has 0 fully saturated rings. The molecule has 0 bridgehead atoms. The van der Waals surface area contributed by atoms with Crippen molar-refractivity contribution in [2.75, 3.05) is 10.6 Å². The zero-order valence-electron chi connectivity index (χ0n) is 13.4. The van der Waals surface area contributed by atoms with Crippen LogP contribution in [0.5, 0.6) is 0 Å². The molecule has 0 unspecified atom stereocenters. The molecule has 0 radical (unpaired) electrons. The zero-order chi connectivity index (χ0) is 18.6. The van der Waals surface area contributed by atoms with E-state index in [9.17, 15) is 22.8 Å². The quantitative estimate of drug-likeness (QED) is 0.841. The fourth-order valence-corrected chi connectivity index (χ4v) is 2.52. The van der Waals surface area contributed by atoms with Crippen LogP contribution in [0.4, 0.5) is 24.0 Å². The van der Waals surface area contributed by atoms with Gasteiger partial charge in [0.25, 0.3) is 0 Å². The summed E-state index contributed by atoms with van der Waals surface area (Å²) in [7, 11) is 0. The van der Waals surface area contributed by atoms with Gasteiger partial charge in [-0.1, -0.05) is 23.5 Å². The van der Waals surface area contributed by atoms with Gasteiger partial charge in [0.1, 0.15) is 0 Å². The summed E-state index contributed by atoms with van der Waals surface area (Å²) in [6.45, 7) is 3.78. The Kier molecular flexibility index (Phi) is 5.73. The summed E-state index contributed by atoms with van der Waals surface area (Å²) in [5.41, 5.74) is 2.60. The summed E-state index contributed by atoms with van der Waals surface area (Å²) in [6.07, 6.45) is -4.89. The number of amides is 2. The molecule has 2 N–H and O–H groups in total. The van der Waals surface area contributed by atoms with E-state index < -0.39 is 17.1 Å². The molecule has 25 heavy (non-hydrogen) atoms. The minimum atomic E-state index is -4.60. The molecule has 134 valence electrons. The molecule has 2 rings (SSSR count). The molecule has 0 aliphatic heterocycles. The highest BCUT2D eigenvalue weighted by molar-refractivity contribution is 7.15. The third-order valence-electron chi connectivity index (χ3n) is 3.37. The van der Waals surface area contributed by atoms with E-state index in [1.54, 1.807) is 12.1 Å². The fraction of sp³-hybridized carbons (Fsp3) is 0.333. The molecule has 1 aromatic carbocycles. The molecular weight excluding hydrogens is 357 g/mol. The van der Waals surface area contributed by atoms with Crippen LogP contribution in [0.3, 0.4) is 0 Å². The number of hydrogen-bond donors (Lipinski definition) is 2. The van der Waals surface area contributed by atoms with Crippen LogP contribution in [-0.2, 0) is 15.8 Å². The Labute approximate surface area is 145 Å². The van der Waals surface area contributed by atoms with Crippen molar-refractivity contribution < 1.29 is 22.8 Å². The normalized spacial score (nSPS) is 11.2. The number of aromatic nitrogens is 2. The summed E-state index contributed by atoms with van der Waals surface area (Å²) in [5.74, 6) is -0.974. The predicted octanol–water partition coefficient (Wildman–Crippen LogP) is 3.53. The van der Waals surface area contributed by atoms with Crippen LogP contribution >= 0.6 is 11.3 Å². The molecule has 10 heteroatoms. The summed E-state index contributed by atoms with van der Waals surface area (Å²) in [4.78, 5) is 23.6. The Bertz CT molecular complexity index is 789. The number of hydrogen-bond acceptors (Lipinski definition) is 5. The number of benzene rings is 1. The largest absolute Gasteiger partial charge is 0.445 e. The van der Waals surface area contributed by atoms with Gasteiger partial charge < -0.3 is 10.6 Å². The molecule has 1 aromatic heterocycles. The molecule has 2 aromatic rings. The lowest BCUT2D eigenvalue weighted by Crippen LogP contribution is -2.17. The van der Waals surface area contributed by atoms with Crippen LogP contribution in [0.2, 0.25) is 0 Å². The van der Waals surface area contributed by atoms with Crippen molar-refractivity contribution in [2.45, 2.75) is 32.9 Å². The van der Waals surface area contributed by atoms with Crippen molar-refractivity contribution in [1.82, 2.24) is 10.2 Å². The highest BCUT2D eigenvalue weighted by Gasteiger charge is 2.35. The van der Waals surface area contributed by atoms with Crippen molar-refractivity contribution >= 4 is 34.0 Å². The number of nitrogens with zero attached hydrogens (tertiary/aromatic N) is 2. The van der Waals surface area contributed by atoms with Crippen molar-refractivity contribution in [3.05, 3.63) is 34.3 Å². The number of carbonyl (C=O) groups is 2. The minimum Gasteiger partial charge on any atom is -0.326 e. The first kappa shape index (κ1) is 18.8. The van der Waals surface area contributed by atoms with E-state index in [-0.39, 0.29) is 35.2 Å². The molecule has 2 amide bonds. The molecule has 1 heterocycles. The maximum atomic E-state index is 12.4. The van der Waals surface area contributed by atoms with E-state index in [1.807, 2.05) is 19.9 Å². The molecule has 0 saturated carbocycles. The Hall–Kier alpha value is -2.49. The maximum absolute atomic E-state index is 12.4. The molecular formula is C15H15F3N4O2S. The van der Waals surface area contributed by atoms with Crippen LogP contribution < -0.4 is 10.6 Å². The Morgan fingerprint density at radius 2 is 1.72 bits per heavy atom. The average Bonchev–Trinajstić information content (AvgIpc) is 2.98. The fourth-order valence-electron chi connectivity index (χ4n) is 1.90. The van der Waals surface area contributed by atoms with E-state index in [0.717, 1.165) is 11.1 Å². The van der Waals surface area contributed by atoms with Crippen LogP contribution in [0.25, 0.3) is 0 Å². The van der Waals surface area contributed by atoms with Gasteiger partial charge in [-0.25, -0.2) is 0 Å². The maximum Gasteiger partial charge on any atom is 0.445 e. The van der Waals surface area contributed by atoms with Gasteiger partial charge >= 0.3 is 6.18 Å². The molecule has 0 aliphatic rings. The van der Waals surface area contributed by atoms with Gasteiger partial charge in [-0.15, -0.1) is 10.2 Å². The highest BCUT2D eigenvalue weighted by Crippen LogP contribution is 2.33. The highest BCUT2D eigenvalue weighted by atomic mass is 32.1. The number of anilines is 2. The Morgan fingerprint density at radius 1 is 1.08 bits per heavy atom. The van der Waals surface area contributed by atoms with Gasteiger partial charge in [-0.3, -0.25) is 9.59 Å². The van der Waals surface area contributed by atoms with E-state index in [2.05, 4.69) is 20.8 Å². The summed E-state index contributed by atoms with van der Waals surface area (Å²) in [6, 6.07) is 5.47. The standard InChI is InChI=1S/C15H15F3N4O2S/c1-8-4-3-5-10(9(8)2)19-11(23)6-7-12(24)20-14-22-21-13(25-14)15(16,17)18/h3-5H,6-7H2,1-2H3,(H,19,23)(H,20,22,24). The first-order valence-electron chi connectivity index (χ1n) is 7.23. The number of alkyl halides is 3. The first-order valence-corrected chi connectivity index (χ1v) is 8.05. The van der Waals surface area contributed by atoms with E-state index in [4.69, 9.17) is 0 Å². The molecule has 0 aliphatic carbocycles. The number of halogens is 3. The third-order valence-corrected chi connectivity index (χ3v) is 4.26. The topological polar surface area (TPSA) is 84.0 Å². The monoisotopic (exact) mass is 372 g/mol. The van der Waals surface area contributed by atoms with Crippen molar-refractivity contribution in [3.63, 3.8) is 0 Å². The number of rotatable bonds is 5. The van der Waals surface area contributed by atoms with E-state index in [1.165, 1.54) is 0 Å². The number of nitrogens with one attached hydrogen (secondary N) is 2. The van der Waals surface area contributed by atoms with Crippen LogP contribution in [-0.4, -0.2) is 22.0 Å². The van der Waals surface area contributed by atoms with Gasteiger partial charge in [0.2, 0.25) is 22.0 Å². The Balaban J connectivity index is 1.84. The van der Waals surface area contributed by atoms with Gasteiger partial charge in [-0.05, 0) is 31.0 Å². The lowest BCUT2D eigenvalue weighted by Gasteiger charge is -2.10. The first-order chi connectivity index (χ1) is 11.7. The summed E-state index contributed by atoms with van der Waals surface area (Å²) >= 11 is 0.229. The minimum absolute atomic E-state index is 0.107. The van der Waals surface area contributed by atoms with E-state index >= 15 is 0 Å². The Morgan fingerprint density at radius 3 is 2.32 bits per heavy atom. The van der Waals surface area contributed by atoms with Gasteiger partial charge in [0.05, 0.1) is 0 Å². The second kappa shape index (κ2) is 7.60. The molecule has 0 atom stereocenters. The van der Waals surface area contributed by atoms with Crippen molar-refractivity contribution in [1.29, 1.82) is 0 Å². The number of carbonyl (C=O) groups excluding carboxylic acids is 2. The molecule has 0 saturated heterocycles. The molecule has 6 nitrogen and oxygen atoms in total. The third kappa shape index (κ3) is 5.24. The summed E-state index contributed by atoms with van der Waals surface area (Å²) < 4.78 is 37.2. The lowest BCUT2D eigenvalue weighted by atomic mass is 10.1. The van der Waals surface area contributed by atoms with Gasteiger partial charge in [0.15, 0.2) is 0 Å². The SMILES string of the molecule is Cc1cccc(NC(=O)CCC(=O)Nc2nnc(C(F)(F)F)s2)c1C. The zero-order valence-corrected chi connectivity index (χ0v) is 14.2. The predicted molar refractivity (Wildman–Crippen MR) is 87.3 cm³/mol. The number of aryl methyl sites for hydroxylation is 1. The second-order valence-corrected chi connectivity index (χ2v) is 6.23. The lowest BCUT2D eigenvalue weighted by molar-refractivity contribution is -0.138. The van der Waals surface area contributed by atoms with E-state index in [0.29, 0.717) is 5.69 Å². The second-order valence-electron chi connectivity index (χ2n) is 5.25. The smallest absolute Gasteiger partial charge is 0.326 e. The van der Waals surface area contributed by atoms with Gasteiger partial charge in [-0.2, -0.15) is 13.2 Å². The van der Waals surface area contributed by atoms with Crippen molar-refractivity contribution in [3.8, 4) is 0 Å². The summed E-state index contributed by atoms with van der Waals surface area (Å²) in [5, 5.41) is 9.71. The average molecular weight is 372 g/mol. The molecule has 0 spiro atoms. The van der Waals surface area contributed by atoms with Crippen LogP contribution in [0.1, 0.15) is 29.0 Å². The van der Waals surface area contributed by atoms with Crippen molar-refractivity contribution in [2.24, 2.45) is 0 Å². The van der Waals surface area contributed by atoms with Gasteiger partial charge in [0, 0.05) is 18.5 Å².